The number of likely N-dealkylation sites (N-methyl/N-ethyl adjacent to an activating group) is 2. The van der Waals surface area contributed by atoms with Crippen LogP contribution in [0.2, 0.25) is 30.5 Å². The van der Waals surface area contributed by atoms with Crippen molar-refractivity contribution in [1.29, 1.82) is 0 Å². The Morgan fingerprint density at radius 2 is 0.822 bits per heavy atom. The molecule has 0 bridgehead atoms. The molecule has 3 N–H and O–H groups in total. The number of carbonyl (C=O) groups is 3. The van der Waals surface area contributed by atoms with Gasteiger partial charge in [-0.2, -0.15) is 60.2 Å². The van der Waals surface area contributed by atoms with Gasteiger partial charge in [-0.25, -0.2) is 13.2 Å². The molecule has 1 unspecified atom stereocenters. The summed E-state index contributed by atoms with van der Waals surface area (Å²) in [7, 11) is 7.38. The number of anilines is 3. The summed E-state index contributed by atoms with van der Waals surface area (Å²) in [6.07, 6.45) is 13.7. The molecule has 35 nitrogen and oxygen atoms in total. The van der Waals surface area contributed by atoms with E-state index in [0.717, 1.165) is 26.2 Å². The molecule has 6 aliphatic heterocycles. The van der Waals surface area contributed by atoms with Gasteiger partial charge in [-0.1, -0.05) is 96.3 Å². The van der Waals surface area contributed by atoms with E-state index in [1.807, 2.05) is 28.8 Å². The molecule has 6 atom stereocenters. The summed E-state index contributed by atoms with van der Waals surface area (Å²) in [4.78, 5) is 96.0. The van der Waals surface area contributed by atoms with Crippen LogP contribution in [0, 0.1) is 41.6 Å². The number of nitrogens with one attached hydrogen (secondary N) is 3. The van der Waals surface area contributed by atoms with Crippen molar-refractivity contribution in [1.82, 2.24) is 105 Å². The fourth-order valence-electron chi connectivity index (χ4n) is 16.4. The number of amides is 3. The van der Waals surface area contributed by atoms with Gasteiger partial charge in [-0.05, 0) is 50.5 Å². The molecule has 9 aromatic heterocycles. The highest BCUT2D eigenvalue weighted by Gasteiger charge is 2.39. The van der Waals surface area contributed by atoms with E-state index < -0.39 is 23.6 Å². The minimum absolute atomic E-state index is 0.00457. The molecule has 12 aromatic rings. The molecular weight excluding hydrogens is 1800 g/mol. The van der Waals surface area contributed by atoms with Crippen LogP contribution in [0.4, 0.5) is 30.6 Å². The number of pyridine rings is 3. The van der Waals surface area contributed by atoms with Crippen LogP contribution in [0.25, 0.3) is 65.4 Å². The lowest BCUT2D eigenvalue weighted by Crippen LogP contribution is -2.48. The number of benzene rings is 3. The topological polar surface area (TPSA) is 356 Å². The second-order valence-electron chi connectivity index (χ2n) is 31.3. The van der Waals surface area contributed by atoms with Crippen molar-refractivity contribution < 1.29 is 65.4 Å². The Hall–Kier alpha value is -11.7. The third-order valence-corrected chi connectivity index (χ3v) is 24.6. The Morgan fingerprint density at radius 3 is 1.19 bits per heavy atom. The Morgan fingerprint density at radius 1 is 0.465 bits per heavy atom. The van der Waals surface area contributed by atoms with Crippen LogP contribution in [0.1, 0.15) is 13.3 Å². The number of fused-ring (bicyclic) bond motifs is 6. The molecule has 129 heavy (non-hydrogen) atoms. The number of aromatic nitrogens is 15. The van der Waals surface area contributed by atoms with Crippen molar-refractivity contribution in [2.75, 3.05) is 174 Å². The van der Waals surface area contributed by atoms with E-state index in [1.54, 1.807) is 47.1 Å². The Kier molecular flexibility index (Phi) is 27.6. The fourth-order valence-corrected chi connectivity index (χ4v) is 17.6. The summed E-state index contributed by atoms with van der Waals surface area (Å²) in [5.41, 5.74) is 2.04. The molecule has 18 rings (SSSR count). The molecule has 0 saturated carbocycles. The lowest BCUT2D eigenvalue weighted by Gasteiger charge is -2.35. The van der Waals surface area contributed by atoms with Gasteiger partial charge in [0.15, 0.2) is 17.2 Å². The predicted octanol–water partition coefficient (Wildman–Crippen LogP) is 12.3. The number of methoxy groups -OCH3 is 2. The molecule has 44 heteroatoms. The Labute approximate surface area is 765 Å². The van der Waals surface area contributed by atoms with Gasteiger partial charge < -0.3 is 77.1 Å². The van der Waals surface area contributed by atoms with Crippen LogP contribution >= 0.6 is 69.6 Å². The molecule has 6 saturated heterocycles. The predicted molar refractivity (Wildman–Crippen MR) is 481 cm³/mol. The second kappa shape index (κ2) is 39.3. The number of H-pyrrole nitrogens is 3. The molecule has 6 fully saturated rings. The Bertz CT molecular complexity index is 6350. The van der Waals surface area contributed by atoms with E-state index in [0.29, 0.717) is 183 Å². The highest BCUT2D eigenvalue weighted by atomic mass is 35.5. The van der Waals surface area contributed by atoms with Crippen molar-refractivity contribution in [3.05, 3.63) is 141 Å². The van der Waals surface area contributed by atoms with E-state index >= 15 is 0 Å². The third-order valence-electron chi connectivity index (χ3n) is 23.0. The van der Waals surface area contributed by atoms with Crippen LogP contribution in [0.3, 0.4) is 0 Å². The zero-order chi connectivity index (χ0) is 90.7. The van der Waals surface area contributed by atoms with Gasteiger partial charge in [0, 0.05) is 175 Å². The number of ether oxygens (including phenoxy) is 8. The van der Waals surface area contributed by atoms with Gasteiger partial charge in [0.05, 0.1) is 80.2 Å². The number of aromatic amines is 3. The van der Waals surface area contributed by atoms with E-state index in [9.17, 15) is 27.6 Å². The first kappa shape index (κ1) is 90.6. The maximum absolute atomic E-state index is 14.8. The highest BCUT2D eigenvalue weighted by Crippen LogP contribution is 2.47. The molecule has 0 spiro atoms. The molecule has 6 aliphatic rings. The van der Waals surface area contributed by atoms with Gasteiger partial charge in [0.2, 0.25) is 35.4 Å². The molecule has 0 aliphatic carbocycles. The van der Waals surface area contributed by atoms with Gasteiger partial charge in [0.1, 0.15) is 100 Å². The number of carbonyl (C=O) groups excluding carboxylic acids is 3. The molecular formula is C85H85Cl6F3N24O11. The van der Waals surface area contributed by atoms with Gasteiger partial charge in [0.25, 0.3) is 0 Å². The van der Waals surface area contributed by atoms with Crippen LogP contribution in [0.5, 0.6) is 52.9 Å². The number of hydrogen-bond acceptors (Lipinski definition) is 29. The number of halogens is 9. The average molecular weight is 1890 g/mol. The van der Waals surface area contributed by atoms with E-state index in [4.69, 9.17) is 139 Å². The molecule has 3 aromatic carbocycles. The third kappa shape index (κ3) is 19.5. The number of terminal acetylenes is 1. The van der Waals surface area contributed by atoms with Gasteiger partial charge in [-0.3, -0.25) is 34.6 Å². The Balaban J connectivity index is 0.000000142. The second-order valence-corrected chi connectivity index (χ2v) is 33.6. The largest absolute Gasteiger partial charge is 0.463 e. The lowest BCUT2D eigenvalue weighted by molar-refractivity contribution is -0.127. The normalized spacial score (nSPS) is 19.3. The number of rotatable bonds is 23. The minimum Gasteiger partial charge on any atom is -0.463 e. The summed E-state index contributed by atoms with van der Waals surface area (Å²) in [6.45, 7) is 24.0. The number of hydrogen-bond donors (Lipinski definition) is 3. The van der Waals surface area contributed by atoms with E-state index in [1.165, 1.54) is 55.0 Å². The van der Waals surface area contributed by atoms with Crippen LogP contribution in [-0.4, -0.2) is 306 Å². The number of piperazine rings is 3. The lowest BCUT2D eigenvalue weighted by atomic mass is 10.1. The summed E-state index contributed by atoms with van der Waals surface area (Å²) < 4.78 is 92.9. The van der Waals surface area contributed by atoms with Crippen LogP contribution in [-0.2, 0) is 23.9 Å². The summed E-state index contributed by atoms with van der Waals surface area (Å²) in [5, 5.41) is 22.7. The monoisotopic (exact) mass is 1880 g/mol. The molecule has 15 heterocycles. The fraction of sp³-hybridized carbons (Fsp3) is 0.376. The van der Waals surface area contributed by atoms with Crippen molar-refractivity contribution in [3.8, 4) is 65.3 Å². The molecule has 0 radical (unpaired) electrons. The zero-order valence-electron chi connectivity index (χ0n) is 70.2. The first-order valence-corrected chi connectivity index (χ1v) is 43.2. The zero-order valence-corrected chi connectivity index (χ0v) is 74.8. The van der Waals surface area contributed by atoms with Gasteiger partial charge >= 0.3 is 18.0 Å². The van der Waals surface area contributed by atoms with Crippen LogP contribution < -0.4 is 43.1 Å². The maximum Gasteiger partial charge on any atom is 0.319 e. The quantitative estimate of drug-likeness (QED) is 0.0304. The SMILES string of the molecule is C#CCCN1C[C@@H](OC)[C@H](Oc2nc(N3CCN(C(=O)C=C)CC3)c3cc(Cl)nc(Oc4c(Cl)c(F)cc5[nH]ncc45)c3n2)C1.C=CC(=O)N1CCN(c2nc(OC3CN(C)C[C@H]3C)nc3c(Oc4c(Cl)c(F)cc5[nH]ncc45)nc(Cl)cc23)CC1.C=CC(=O)N1CCN(c2nc(OC[C@H]3CN(C)C[C@@H]3OC)nc3c(Oc4c(Cl)c(F)cc5[nH]ncc45)nc(Cl)cc23)CC1. The highest BCUT2D eigenvalue weighted by molar-refractivity contribution is 6.35. The summed E-state index contributed by atoms with van der Waals surface area (Å²) >= 11 is 38.5. The van der Waals surface area contributed by atoms with Crippen molar-refractivity contribution in [3.63, 3.8) is 0 Å². The first-order valence-electron chi connectivity index (χ1n) is 40.9. The smallest absolute Gasteiger partial charge is 0.319 e. The maximum atomic E-state index is 14.8. The number of nitrogens with zero attached hydrogens (tertiary/aromatic N) is 21. The van der Waals surface area contributed by atoms with Crippen LogP contribution in [0.15, 0.2) is 93.0 Å². The standard InChI is InChI=1S/C30H29Cl2FN8O4.C28H29Cl2FN8O4.C27H27Cl2FN8O3/c1-4-6-7-39-15-21(43-3)22(16-39)44-30-36-26-17(28(37-30)41-10-8-40(9-11-41)24(42)5-2)12-23(31)35-29(26)45-27-18-14-34-38-20(18)13-19(33)25(27)32;1-4-22(40)38-5-7-39(8-6-38)26-16-9-21(29)33-27(43-25-17-11-32-36-19(17)10-18(31)23(25)30)24(16)34-28(35-26)42-14-15-12-37(2)13-20(15)41-3;1-4-21(39)37-5-7-38(8-6-37)25-15-9-20(28)32-26(41-24-16-11-31-35-18(16)10-17(30)22(24)29)23(15)33-27(34-25)40-19-13-36(3)12-14(19)2/h1,5,12-14,21-22H,2,6-11,15-16H2,3H3,(H,34,38);4,9-11,15,20H,1,5-8,12-14H2,2-3H3,(H,32,36);4,9-11,14,19H,1,5-8,12-13H2,2-3H3,(H,31,35)/t21-,22-;15-,20+;14-,19?/m111/s1. The molecule has 674 valence electrons. The van der Waals surface area contributed by atoms with Crippen molar-refractivity contribution >= 4 is 170 Å². The van der Waals surface area contributed by atoms with E-state index in [2.05, 4.69) is 97.8 Å². The minimum atomic E-state index is -0.706. The first-order chi connectivity index (χ1) is 62.2. The molecule has 3 amide bonds. The van der Waals surface area contributed by atoms with E-state index in [-0.39, 0.29) is 142 Å². The average Bonchev–Trinajstić information content (AvgIpc) is 1.41. The van der Waals surface area contributed by atoms with Gasteiger partial charge in [-0.15, -0.1) is 12.3 Å². The summed E-state index contributed by atoms with van der Waals surface area (Å²) in [6, 6.07) is 8.92. The van der Waals surface area contributed by atoms with Crippen molar-refractivity contribution in [2.24, 2.45) is 11.8 Å². The number of likely N-dealkylation sites (tertiary alicyclic amines) is 3. The summed E-state index contributed by atoms with van der Waals surface area (Å²) in [5.74, 6) is 2.12. The van der Waals surface area contributed by atoms with Crippen molar-refractivity contribution in [2.45, 2.75) is 37.8 Å².